The fourth-order valence-electron chi connectivity index (χ4n) is 5.13. The van der Waals surface area contributed by atoms with Crippen molar-refractivity contribution in [3.63, 3.8) is 0 Å². The van der Waals surface area contributed by atoms with E-state index in [1.165, 1.54) is 0 Å². The molecule has 6 rings (SSSR count). The van der Waals surface area contributed by atoms with Crippen molar-refractivity contribution < 1.29 is 23.8 Å². The molecule has 0 spiro atoms. The minimum atomic E-state index is -0.320. The molecule has 2 aliphatic rings. The number of hydrogen-bond acceptors (Lipinski definition) is 6. The molecule has 9 heteroatoms. The second-order valence-electron chi connectivity index (χ2n) is 9.99. The van der Waals surface area contributed by atoms with E-state index in [-0.39, 0.29) is 31.4 Å². The lowest BCUT2D eigenvalue weighted by atomic mass is 10.1. The van der Waals surface area contributed by atoms with Gasteiger partial charge in [0.1, 0.15) is 6.54 Å². The molecule has 0 saturated carbocycles. The minimum absolute atomic E-state index is 0.0631. The Morgan fingerprint density at radius 1 is 0.925 bits per heavy atom. The summed E-state index contributed by atoms with van der Waals surface area (Å²) >= 11 is 1.60. The van der Waals surface area contributed by atoms with Crippen LogP contribution in [0.15, 0.2) is 78.2 Å². The van der Waals surface area contributed by atoms with Crippen LogP contribution in [-0.4, -0.2) is 54.3 Å². The third kappa shape index (κ3) is 6.05. The van der Waals surface area contributed by atoms with Gasteiger partial charge in [-0.15, -0.1) is 11.3 Å². The minimum Gasteiger partial charge on any atom is -0.454 e. The molecule has 40 heavy (non-hydrogen) atoms. The van der Waals surface area contributed by atoms with Crippen LogP contribution in [0.1, 0.15) is 23.3 Å². The number of urea groups is 1. The quantitative estimate of drug-likeness (QED) is 0.278. The monoisotopic (exact) mass is 557 g/mol. The van der Waals surface area contributed by atoms with Crippen LogP contribution in [-0.2, 0) is 22.6 Å². The highest BCUT2D eigenvalue weighted by Crippen LogP contribution is 2.33. The van der Waals surface area contributed by atoms with Crippen molar-refractivity contribution in [3.8, 4) is 11.5 Å². The fourth-order valence-corrected chi connectivity index (χ4v) is 5.85. The van der Waals surface area contributed by atoms with E-state index in [4.69, 9.17) is 14.2 Å². The van der Waals surface area contributed by atoms with Crippen molar-refractivity contribution in [2.24, 2.45) is 0 Å². The Morgan fingerprint density at radius 2 is 1.80 bits per heavy atom. The zero-order chi connectivity index (χ0) is 27.3. The summed E-state index contributed by atoms with van der Waals surface area (Å²) in [5.41, 5.74) is 1.64. The summed E-state index contributed by atoms with van der Waals surface area (Å²) in [7, 11) is 0. The van der Waals surface area contributed by atoms with E-state index >= 15 is 0 Å². The Bertz CT molecular complexity index is 1480. The Morgan fingerprint density at radius 3 is 2.65 bits per heavy atom. The number of ether oxygens (including phenoxy) is 3. The maximum atomic E-state index is 13.9. The summed E-state index contributed by atoms with van der Waals surface area (Å²) in [6.45, 7) is 1.98. The number of benzene rings is 3. The highest BCUT2D eigenvalue weighted by Gasteiger charge is 2.27. The summed E-state index contributed by atoms with van der Waals surface area (Å²) in [5.74, 6) is 1.24. The van der Waals surface area contributed by atoms with Crippen LogP contribution in [0.2, 0.25) is 0 Å². The smallest absolute Gasteiger partial charge is 0.322 e. The maximum absolute atomic E-state index is 13.9. The van der Waals surface area contributed by atoms with Gasteiger partial charge in [0, 0.05) is 30.0 Å². The Hall–Kier alpha value is -4.08. The summed E-state index contributed by atoms with van der Waals surface area (Å²) in [6, 6.07) is 23.1. The van der Waals surface area contributed by atoms with Crippen LogP contribution in [0.4, 0.5) is 10.5 Å². The molecule has 0 bridgehead atoms. The summed E-state index contributed by atoms with van der Waals surface area (Å²) in [4.78, 5) is 32.0. The van der Waals surface area contributed by atoms with Gasteiger partial charge in [0.15, 0.2) is 11.5 Å². The normalized spacial score (nSPS) is 15.8. The highest BCUT2D eigenvalue weighted by molar-refractivity contribution is 7.09. The molecule has 8 nitrogen and oxygen atoms in total. The molecule has 206 valence electrons. The van der Waals surface area contributed by atoms with Crippen LogP contribution in [0.5, 0.6) is 11.5 Å². The number of nitrogens with one attached hydrogen (secondary N) is 1. The van der Waals surface area contributed by atoms with E-state index in [0.717, 1.165) is 34.1 Å². The largest absolute Gasteiger partial charge is 0.454 e. The first-order chi connectivity index (χ1) is 19.6. The van der Waals surface area contributed by atoms with Gasteiger partial charge in [-0.05, 0) is 53.4 Å². The van der Waals surface area contributed by atoms with Crippen LogP contribution < -0.4 is 14.8 Å². The van der Waals surface area contributed by atoms with E-state index in [1.54, 1.807) is 21.1 Å². The second kappa shape index (κ2) is 12.0. The van der Waals surface area contributed by atoms with Gasteiger partial charge in [0.25, 0.3) is 0 Å². The van der Waals surface area contributed by atoms with Crippen molar-refractivity contribution in [1.82, 2.24) is 9.80 Å². The molecule has 0 aliphatic carbocycles. The van der Waals surface area contributed by atoms with Gasteiger partial charge in [-0.25, -0.2) is 4.79 Å². The maximum Gasteiger partial charge on any atom is 0.322 e. The lowest BCUT2D eigenvalue weighted by Crippen LogP contribution is -2.46. The third-order valence-corrected chi connectivity index (χ3v) is 8.04. The molecular formula is C31H31N3O5S. The van der Waals surface area contributed by atoms with Gasteiger partial charge >= 0.3 is 6.03 Å². The first-order valence-corrected chi connectivity index (χ1v) is 14.3. The van der Waals surface area contributed by atoms with Gasteiger partial charge in [-0.2, -0.15) is 0 Å². The van der Waals surface area contributed by atoms with E-state index in [2.05, 4.69) is 5.32 Å². The SMILES string of the molecule is O=C(CN(CC1CCCO1)C(=O)Nc1cccc2ccccc12)N(Cc1ccc2c(c1)OCO2)Cc1cccs1. The molecule has 3 aromatic carbocycles. The highest BCUT2D eigenvalue weighted by atomic mass is 32.1. The predicted molar refractivity (Wildman–Crippen MR) is 155 cm³/mol. The number of amides is 3. The summed E-state index contributed by atoms with van der Waals surface area (Å²) in [6.07, 6.45) is 1.72. The third-order valence-electron chi connectivity index (χ3n) is 7.18. The number of rotatable bonds is 9. The van der Waals surface area contributed by atoms with Gasteiger partial charge in [0.2, 0.25) is 12.7 Å². The van der Waals surface area contributed by atoms with Gasteiger partial charge in [0.05, 0.1) is 18.3 Å². The number of nitrogens with zero attached hydrogens (tertiary/aromatic N) is 2. The lowest BCUT2D eigenvalue weighted by Gasteiger charge is -2.29. The molecule has 4 aromatic rings. The number of hydrogen-bond donors (Lipinski definition) is 1. The van der Waals surface area contributed by atoms with Crippen molar-refractivity contribution in [2.45, 2.75) is 32.0 Å². The molecule has 1 aromatic heterocycles. The van der Waals surface area contributed by atoms with Gasteiger partial charge < -0.3 is 29.3 Å². The number of anilines is 1. The topological polar surface area (TPSA) is 80.3 Å². The predicted octanol–water partition coefficient (Wildman–Crippen LogP) is 5.87. The molecule has 1 saturated heterocycles. The first-order valence-electron chi connectivity index (χ1n) is 13.5. The van der Waals surface area contributed by atoms with Crippen molar-refractivity contribution in [1.29, 1.82) is 0 Å². The molecule has 3 heterocycles. The Balaban J connectivity index is 1.22. The molecule has 3 amide bonds. The molecule has 1 N–H and O–H groups in total. The standard InChI is InChI=1S/C31H31N3O5S/c35-30(33(19-25-9-5-15-40-25)17-22-12-13-28-29(16-22)39-21-38-28)20-34(18-24-8-4-14-37-24)31(36)32-27-11-3-7-23-6-1-2-10-26(23)27/h1-3,5-7,9-13,15-16,24H,4,8,14,17-21H2,(H,32,36). The molecule has 1 atom stereocenters. The average molecular weight is 558 g/mol. The number of fused-ring (bicyclic) bond motifs is 2. The number of carbonyl (C=O) groups excluding carboxylic acids is 2. The van der Waals surface area contributed by atoms with E-state index < -0.39 is 0 Å². The lowest BCUT2D eigenvalue weighted by molar-refractivity contribution is -0.133. The zero-order valence-corrected chi connectivity index (χ0v) is 22.9. The summed E-state index contributed by atoms with van der Waals surface area (Å²) < 4.78 is 16.8. The Labute approximate surface area is 237 Å². The van der Waals surface area contributed by atoms with Crippen LogP contribution >= 0.6 is 11.3 Å². The Kier molecular flexibility index (Phi) is 7.83. The van der Waals surface area contributed by atoms with E-state index in [1.807, 2.05) is 78.2 Å². The van der Waals surface area contributed by atoms with Crippen LogP contribution in [0.25, 0.3) is 10.8 Å². The number of carbonyl (C=O) groups is 2. The van der Waals surface area contributed by atoms with Crippen molar-refractivity contribution >= 4 is 39.7 Å². The molecule has 1 unspecified atom stereocenters. The van der Waals surface area contributed by atoms with E-state index in [9.17, 15) is 9.59 Å². The first kappa shape index (κ1) is 26.2. The van der Waals surface area contributed by atoms with Crippen molar-refractivity contribution in [2.75, 3.05) is 31.8 Å². The molecular weight excluding hydrogens is 526 g/mol. The summed E-state index contributed by atoms with van der Waals surface area (Å²) in [5, 5.41) is 7.04. The van der Waals surface area contributed by atoms with Gasteiger partial charge in [-0.3, -0.25) is 4.79 Å². The van der Waals surface area contributed by atoms with Crippen LogP contribution in [0.3, 0.4) is 0 Å². The fraction of sp³-hybridized carbons (Fsp3) is 0.290. The molecule has 2 aliphatic heterocycles. The average Bonchev–Trinajstić information content (AvgIpc) is 3.76. The molecule has 0 radical (unpaired) electrons. The zero-order valence-electron chi connectivity index (χ0n) is 22.1. The van der Waals surface area contributed by atoms with E-state index in [0.29, 0.717) is 43.4 Å². The van der Waals surface area contributed by atoms with Gasteiger partial charge in [-0.1, -0.05) is 48.5 Å². The second-order valence-corrected chi connectivity index (χ2v) is 11.0. The van der Waals surface area contributed by atoms with Crippen LogP contribution in [0, 0.1) is 0 Å². The molecule has 1 fully saturated rings. The number of thiophene rings is 1. The van der Waals surface area contributed by atoms with Crippen molar-refractivity contribution in [3.05, 3.63) is 88.6 Å².